The lowest BCUT2D eigenvalue weighted by molar-refractivity contribution is -0.384. The first kappa shape index (κ1) is 23.7. The third-order valence-corrected chi connectivity index (χ3v) is 6.99. The number of nitrogens with zero attached hydrogens (tertiary/aromatic N) is 5. The number of nitriles is 2. The summed E-state index contributed by atoms with van der Waals surface area (Å²) in [6.45, 7) is 1.30. The van der Waals surface area contributed by atoms with Gasteiger partial charge < -0.3 is 10.6 Å². The maximum absolute atomic E-state index is 13.5. The number of pyridine rings is 1. The molecule has 1 aromatic heterocycles. The van der Waals surface area contributed by atoms with E-state index in [0.717, 1.165) is 30.2 Å². The molecule has 1 aliphatic rings. The molecule has 3 aromatic rings. The van der Waals surface area contributed by atoms with Crippen molar-refractivity contribution in [3.8, 4) is 23.3 Å². The molecule has 35 heavy (non-hydrogen) atoms. The van der Waals surface area contributed by atoms with Crippen molar-refractivity contribution in [3.05, 3.63) is 81.4 Å². The van der Waals surface area contributed by atoms with E-state index in [2.05, 4.69) is 11.1 Å². The van der Waals surface area contributed by atoms with Gasteiger partial charge in [-0.05, 0) is 24.5 Å². The number of likely N-dealkylation sites (tertiary alicyclic amines) is 1. The van der Waals surface area contributed by atoms with Gasteiger partial charge in [0.15, 0.2) is 0 Å². The summed E-state index contributed by atoms with van der Waals surface area (Å²) in [6.07, 6.45) is 1.84. The van der Waals surface area contributed by atoms with Crippen LogP contribution in [0.5, 0.6) is 0 Å². The van der Waals surface area contributed by atoms with E-state index < -0.39 is 10.2 Å². The van der Waals surface area contributed by atoms with Gasteiger partial charge in [0, 0.05) is 24.7 Å². The van der Waals surface area contributed by atoms with Crippen molar-refractivity contribution in [2.24, 2.45) is 0 Å². The van der Waals surface area contributed by atoms with Gasteiger partial charge in [0.2, 0.25) is 5.91 Å². The zero-order valence-corrected chi connectivity index (χ0v) is 19.4. The summed E-state index contributed by atoms with van der Waals surface area (Å²) in [5, 5.41) is 31.0. The highest BCUT2D eigenvalue weighted by Crippen LogP contribution is 2.44. The molecule has 10 heteroatoms. The predicted octanol–water partition coefficient (Wildman–Crippen LogP) is 4.44. The fourth-order valence-corrected chi connectivity index (χ4v) is 5.28. The number of anilines is 1. The Labute approximate surface area is 206 Å². The smallest absolute Gasteiger partial charge is 0.277 e. The monoisotopic (exact) mass is 484 g/mol. The molecule has 1 amide bonds. The Morgan fingerprint density at radius 2 is 1.69 bits per heavy atom. The zero-order chi connectivity index (χ0) is 24.9. The highest BCUT2D eigenvalue weighted by Gasteiger charge is 2.32. The van der Waals surface area contributed by atoms with E-state index in [0.29, 0.717) is 13.1 Å². The standard InChI is InChI=1S/C25H20N6O3S/c26-14-18-21(17-10-4-5-11-20(17)31(33)34)19(15-27)24(29-23(18)28)35-22(16-8-2-1-3-9-16)25(32)30-12-6-7-13-30/h1-5,8-11,22H,6-7,12-13H2,(H2,28,29). The molecule has 4 rings (SSSR count). The Hall–Kier alpha value is -4.41. The molecule has 0 spiro atoms. The Morgan fingerprint density at radius 1 is 1.06 bits per heavy atom. The van der Waals surface area contributed by atoms with Crippen LogP contribution in [-0.4, -0.2) is 33.8 Å². The molecule has 2 heterocycles. The van der Waals surface area contributed by atoms with Gasteiger partial charge in [-0.15, -0.1) is 0 Å². The summed E-state index contributed by atoms with van der Waals surface area (Å²) in [6, 6.07) is 19.0. The van der Waals surface area contributed by atoms with Crippen molar-refractivity contribution in [1.29, 1.82) is 10.5 Å². The molecule has 0 saturated carbocycles. The highest BCUT2D eigenvalue weighted by atomic mass is 32.2. The average Bonchev–Trinajstić information content (AvgIpc) is 3.42. The maximum atomic E-state index is 13.5. The molecule has 0 radical (unpaired) electrons. The molecule has 1 aliphatic heterocycles. The van der Waals surface area contributed by atoms with E-state index in [-0.39, 0.29) is 44.7 Å². The summed E-state index contributed by atoms with van der Waals surface area (Å²) in [5.74, 6) is -0.276. The number of nitro groups is 1. The highest BCUT2D eigenvalue weighted by molar-refractivity contribution is 8.00. The normalized spacial score (nSPS) is 13.6. The van der Waals surface area contributed by atoms with Crippen molar-refractivity contribution in [2.45, 2.75) is 23.1 Å². The summed E-state index contributed by atoms with van der Waals surface area (Å²) in [7, 11) is 0. The maximum Gasteiger partial charge on any atom is 0.277 e. The average molecular weight is 485 g/mol. The lowest BCUT2D eigenvalue weighted by Gasteiger charge is -2.24. The number of hydrogen-bond acceptors (Lipinski definition) is 8. The number of carbonyl (C=O) groups excluding carboxylic acids is 1. The minimum Gasteiger partial charge on any atom is -0.383 e. The SMILES string of the molecule is N#Cc1c(N)nc(SC(C(=O)N2CCCC2)c2ccccc2)c(C#N)c1-c1ccccc1[N+](=O)[O-]. The van der Waals surface area contributed by atoms with E-state index >= 15 is 0 Å². The second kappa shape index (κ2) is 10.2. The van der Waals surface area contributed by atoms with E-state index in [1.54, 1.807) is 11.0 Å². The van der Waals surface area contributed by atoms with E-state index in [1.807, 2.05) is 36.4 Å². The lowest BCUT2D eigenvalue weighted by Crippen LogP contribution is -2.31. The Kier molecular flexibility index (Phi) is 6.95. The van der Waals surface area contributed by atoms with Crippen molar-refractivity contribution in [2.75, 3.05) is 18.8 Å². The summed E-state index contributed by atoms with van der Waals surface area (Å²) < 4.78 is 0. The minimum atomic E-state index is -0.708. The van der Waals surface area contributed by atoms with E-state index in [4.69, 9.17) is 5.73 Å². The van der Waals surface area contributed by atoms with Gasteiger partial charge in [-0.1, -0.05) is 54.2 Å². The van der Waals surface area contributed by atoms with Crippen LogP contribution in [0.3, 0.4) is 0 Å². The number of benzene rings is 2. The first-order valence-electron chi connectivity index (χ1n) is 10.8. The van der Waals surface area contributed by atoms with Crippen LogP contribution in [0.15, 0.2) is 59.6 Å². The molecule has 0 bridgehead atoms. The summed E-state index contributed by atoms with van der Waals surface area (Å²) >= 11 is 1.06. The Morgan fingerprint density at radius 3 is 2.31 bits per heavy atom. The van der Waals surface area contributed by atoms with Crippen LogP contribution in [0.25, 0.3) is 11.1 Å². The molecule has 174 valence electrons. The predicted molar refractivity (Wildman–Crippen MR) is 131 cm³/mol. The van der Waals surface area contributed by atoms with Crippen LogP contribution in [0.1, 0.15) is 34.8 Å². The van der Waals surface area contributed by atoms with Gasteiger partial charge >= 0.3 is 0 Å². The summed E-state index contributed by atoms with van der Waals surface area (Å²) in [4.78, 5) is 30.7. The third kappa shape index (κ3) is 4.65. The molecular formula is C25H20N6O3S. The van der Waals surface area contributed by atoms with Crippen molar-refractivity contribution in [1.82, 2.24) is 9.88 Å². The molecule has 0 aliphatic carbocycles. The Balaban J connectivity index is 1.90. The van der Waals surface area contributed by atoms with Crippen molar-refractivity contribution in [3.63, 3.8) is 0 Å². The molecule has 1 atom stereocenters. The number of hydrogen-bond donors (Lipinski definition) is 1. The molecule has 1 saturated heterocycles. The molecule has 1 fully saturated rings. The first-order valence-corrected chi connectivity index (χ1v) is 11.7. The molecule has 2 N–H and O–H groups in total. The first-order chi connectivity index (χ1) is 17.0. The van der Waals surface area contributed by atoms with Crippen molar-refractivity contribution >= 4 is 29.2 Å². The molecule has 2 aromatic carbocycles. The van der Waals surface area contributed by atoms with Gasteiger partial charge in [0.1, 0.15) is 33.8 Å². The molecular weight excluding hydrogens is 464 g/mol. The van der Waals surface area contributed by atoms with E-state index in [1.165, 1.54) is 18.2 Å². The number of rotatable bonds is 6. The van der Waals surface area contributed by atoms with Crippen LogP contribution in [0.4, 0.5) is 11.5 Å². The molecule has 9 nitrogen and oxygen atoms in total. The number of carbonyl (C=O) groups is 1. The third-order valence-electron chi connectivity index (χ3n) is 5.76. The van der Waals surface area contributed by atoms with Crippen LogP contribution < -0.4 is 5.73 Å². The number of amides is 1. The van der Waals surface area contributed by atoms with Gasteiger partial charge in [-0.3, -0.25) is 14.9 Å². The number of nitrogen functional groups attached to an aromatic ring is 1. The largest absolute Gasteiger partial charge is 0.383 e. The second-order valence-corrected chi connectivity index (χ2v) is 8.96. The van der Waals surface area contributed by atoms with Crippen LogP contribution in [-0.2, 0) is 4.79 Å². The van der Waals surface area contributed by atoms with Gasteiger partial charge in [-0.2, -0.15) is 10.5 Å². The van der Waals surface area contributed by atoms with Crippen molar-refractivity contribution < 1.29 is 9.72 Å². The van der Waals surface area contributed by atoms with E-state index in [9.17, 15) is 25.4 Å². The van der Waals surface area contributed by atoms with Crippen LogP contribution in [0.2, 0.25) is 0 Å². The fourth-order valence-electron chi connectivity index (χ4n) is 4.10. The number of thioether (sulfide) groups is 1. The topological polar surface area (TPSA) is 150 Å². The Bertz CT molecular complexity index is 1370. The number of para-hydroxylation sites is 1. The minimum absolute atomic E-state index is 0.0368. The van der Waals surface area contributed by atoms with Crippen LogP contribution in [0, 0.1) is 32.8 Å². The number of aromatic nitrogens is 1. The quantitative estimate of drug-likeness (QED) is 0.306. The summed E-state index contributed by atoms with van der Waals surface area (Å²) in [5.41, 5.74) is 6.54. The molecule has 1 unspecified atom stereocenters. The van der Waals surface area contributed by atoms with Gasteiger partial charge in [0.25, 0.3) is 5.69 Å². The van der Waals surface area contributed by atoms with Gasteiger partial charge in [-0.25, -0.2) is 4.98 Å². The number of nitro benzene ring substituents is 1. The lowest BCUT2D eigenvalue weighted by atomic mass is 9.95. The number of nitrogens with two attached hydrogens (primary N) is 1. The zero-order valence-electron chi connectivity index (χ0n) is 18.5. The second-order valence-electron chi connectivity index (χ2n) is 7.87. The van der Waals surface area contributed by atoms with Gasteiger partial charge in [0.05, 0.1) is 16.1 Å². The fraction of sp³-hybridized carbons (Fsp3) is 0.200. The van der Waals surface area contributed by atoms with Crippen LogP contribution >= 0.6 is 11.8 Å².